The summed E-state index contributed by atoms with van der Waals surface area (Å²) in [5.41, 5.74) is 0.714. The number of benzene rings is 2. The minimum Gasteiger partial charge on any atom is -0.493 e. The van der Waals surface area contributed by atoms with Gasteiger partial charge >= 0.3 is 0 Å². The first kappa shape index (κ1) is 23.6. The molecule has 0 aliphatic heterocycles. The monoisotopic (exact) mass is 491 g/mol. The fourth-order valence-corrected chi connectivity index (χ4v) is 3.79. The molecule has 0 saturated carbocycles. The highest BCUT2D eigenvalue weighted by molar-refractivity contribution is 7.95. The van der Waals surface area contributed by atoms with Gasteiger partial charge in [0.15, 0.2) is 23.1 Å². The highest BCUT2D eigenvalue weighted by Gasteiger charge is 2.23. The molecular formula is C24H21N5O5S. The van der Waals surface area contributed by atoms with E-state index in [-0.39, 0.29) is 29.1 Å². The van der Waals surface area contributed by atoms with E-state index >= 15 is 0 Å². The van der Waals surface area contributed by atoms with Crippen LogP contribution >= 0.6 is 0 Å². The van der Waals surface area contributed by atoms with Crippen molar-refractivity contribution < 1.29 is 22.6 Å². The van der Waals surface area contributed by atoms with Gasteiger partial charge < -0.3 is 14.2 Å². The summed E-state index contributed by atoms with van der Waals surface area (Å²) in [6.07, 6.45) is 4.50. The van der Waals surface area contributed by atoms with Crippen LogP contribution in [0.25, 0.3) is 17.7 Å². The van der Waals surface area contributed by atoms with E-state index < -0.39 is 10.0 Å². The zero-order valence-electron chi connectivity index (χ0n) is 18.8. The van der Waals surface area contributed by atoms with Crippen LogP contribution in [0, 0.1) is 0 Å². The fraction of sp³-hybridized carbons (Fsp3) is 0.0833. The SMILES string of the molecule is COc1ccccc1Oc1nc(-c2ncccn2)nc(NS(=O)(=O)/C=C/c2ccccc2)c1OC. The summed E-state index contributed by atoms with van der Waals surface area (Å²) < 4.78 is 44.9. The molecule has 2 aromatic heterocycles. The first-order valence-electron chi connectivity index (χ1n) is 10.3. The van der Waals surface area contributed by atoms with Crippen LogP contribution in [0.4, 0.5) is 5.82 Å². The lowest BCUT2D eigenvalue weighted by molar-refractivity contribution is 0.348. The van der Waals surface area contributed by atoms with Gasteiger partial charge in [0.05, 0.1) is 19.6 Å². The number of rotatable bonds is 9. The minimum absolute atomic E-state index is 0.0287. The summed E-state index contributed by atoms with van der Waals surface area (Å²) in [6, 6.07) is 17.6. The maximum atomic E-state index is 12.9. The molecule has 4 rings (SSSR count). The van der Waals surface area contributed by atoms with Gasteiger partial charge in [-0.15, -0.1) is 0 Å². The topological polar surface area (TPSA) is 125 Å². The second-order valence-corrected chi connectivity index (χ2v) is 8.49. The van der Waals surface area contributed by atoms with Crippen LogP contribution in [0.1, 0.15) is 5.56 Å². The molecule has 0 atom stereocenters. The van der Waals surface area contributed by atoms with E-state index in [2.05, 4.69) is 24.7 Å². The standard InChI is InChI=1S/C24H21N5O5S/c1-32-18-11-6-7-12-19(18)34-24-20(33-2)21(27-23(28-24)22-25-14-8-15-26-22)29-35(30,31)16-13-17-9-4-3-5-10-17/h3-16H,1-2H3,(H,27,28,29)/b16-13+. The van der Waals surface area contributed by atoms with Gasteiger partial charge in [0, 0.05) is 12.4 Å². The first-order chi connectivity index (χ1) is 17.0. The number of hydrogen-bond acceptors (Lipinski definition) is 9. The summed E-state index contributed by atoms with van der Waals surface area (Å²) in [6.45, 7) is 0. The molecule has 0 amide bonds. The number of aromatic nitrogens is 4. The summed E-state index contributed by atoms with van der Waals surface area (Å²) in [5.74, 6) is 0.740. The summed E-state index contributed by atoms with van der Waals surface area (Å²) >= 11 is 0. The summed E-state index contributed by atoms with van der Waals surface area (Å²) in [4.78, 5) is 17.0. The lowest BCUT2D eigenvalue weighted by atomic mass is 10.2. The molecular weight excluding hydrogens is 470 g/mol. The number of anilines is 1. The van der Waals surface area contributed by atoms with Crippen LogP contribution in [0.5, 0.6) is 23.1 Å². The third kappa shape index (κ3) is 5.89. The molecule has 0 fully saturated rings. The average Bonchev–Trinajstić information content (AvgIpc) is 2.89. The Kier molecular flexibility index (Phi) is 7.17. The summed E-state index contributed by atoms with van der Waals surface area (Å²) in [5, 5.41) is 1.03. The van der Waals surface area contributed by atoms with Crippen LogP contribution in [0.3, 0.4) is 0 Å². The van der Waals surface area contributed by atoms with E-state index in [4.69, 9.17) is 14.2 Å². The Hall–Kier alpha value is -4.51. The van der Waals surface area contributed by atoms with E-state index in [1.807, 2.05) is 6.07 Å². The zero-order chi connectivity index (χ0) is 24.7. The number of para-hydroxylation sites is 2. The largest absolute Gasteiger partial charge is 0.493 e. The van der Waals surface area contributed by atoms with E-state index in [1.165, 1.54) is 32.7 Å². The van der Waals surface area contributed by atoms with Crippen LogP contribution in [-0.4, -0.2) is 42.6 Å². The number of nitrogens with zero attached hydrogens (tertiary/aromatic N) is 4. The van der Waals surface area contributed by atoms with Crippen molar-refractivity contribution in [2.75, 3.05) is 18.9 Å². The van der Waals surface area contributed by atoms with Gasteiger partial charge in [-0.3, -0.25) is 4.72 Å². The smallest absolute Gasteiger partial charge is 0.268 e. The van der Waals surface area contributed by atoms with E-state index in [9.17, 15) is 8.42 Å². The van der Waals surface area contributed by atoms with Crippen molar-refractivity contribution in [2.24, 2.45) is 0 Å². The molecule has 0 unspecified atom stereocenters. The summed E-state index contributed by atoms with van der Waals surface area (Å²) in [7, 11) is -1.14. The van der Waals surface area contributed by atoms with Gasteiger partial charge in [0.25, 0.3) is 15.9 Å². The van der Waals surface area contributed by atoms with Gasteiger partial charge in [-0.1, -0.05) is 42.5 Å². The first-order valence-corrected chi connectivity index (χ1v) is 11.8. The van der Waals surface area contributed by atoms with Gasteiger partial charge in [0.1, 0.15) is 0 Å². The predicted molar refractivity (Wildman–Crippen MR) is 131 cm³/mol. The molecule has 0 spiro atoms. The highest BCUT2D eigenvalue weighted by Crippen LogP contribution is 2.39. The lowest BCUT2D eigenvalue weighted by Crippen LogP contribution is -2.13. The molecule has 10 nitrogen and oxygen atoms in total. The Balaban J connectivity index is 1.78. The average molecular weight is 492 g/mol. The minimum atomic E-state index is -3.99. The Morgan fingerprint density at radius 3 is 2.17 bits per heavy atom. The normalized spacial score (nSPS) is 11.3. The number of ether oxygens (including phenoxy) is 3. The molecule has 2 aromatic carbocycles. The van der Waals surface area contributed by atoms with Gasteiger partial charge in [-0.2, -0.15) is 4.98 Å². The molecule has 0 bridgehead atoms. The van der Waals surface area contributed by atoms with Crippen LogP contribution in [-0.2, 0) is 10.0 Å². The molecule has 1 N–H and O–H groups in total. The Morgan fingerprint density at radius 1 is 0.800 bits per heavy atom. The van der Waals surface area contributed by atoms with Crippen LogP contribution < -0.4 is 18.9 Å². The molecule has 0 saturated heterocycles. The maximum absolute atomic E-state index is 12.9. The molecule has 0 aliphatic rings. The molecule has 4 aromatic rings. The third-order valence-corrected chi connectivity index (χ3v) is 5.53. The Morgan fingerprint density at radius 2 is 1.49 bits per heavy atom. The van der Waals surface area contributed by atoms with Crippen molar-refractivity contribution in [1.82, 2.24) is 19.9 Å². The molecule has 0 radical (unpaired) electrons. The zero-order valence-corrected chi connectivity index (χ0v) is 19.6. The van der Waals surface area contributed by atoms with Crippen LogP contribution in [0.2, 0.25) is 0 Å². The number of methoxy groups -OCH3 is 2. The molecule has 178 valence electrons. The van der Waals surface area contributed by atoms with Gasteiger partial charge in [-0.05, 0) is 29.8 Å². The predicted octanol–water partition coefficient (Wildman–Crippen LogP) is 4.16. The molecule has 0 aliphatic carbocycles. The molecule has 35 heavy (non-hydrogen) atoms. The Bertz CT molecular complexity index is 1430. The maximum Gasteiger partial charge on any atom is 0.268 e. The Labute approximate surface area is 202 Å². The van der Waals surface area contributed by atoms with Crippen molar-refractivity contribution in [2.45, 2.75) is 0 Å². The van der Waals surface area contributed by atoms with Crippen molar-refractivity contribution in [3.63, 3.8) is 0 Å². The van der Waals surface area contributed by atoms with E-state index in [1.54, 1.807) is 54.6 Å². The van der Waals surface area contributed by atoms with Crippen molar-refractivity contribution in [3.8, 4) is 34.8 Å². The molecule has 2 heterocycles. The van der Waals surface area contributed by atoms with Crippen molar-refractivity contribution in [3.05, 3.63) is 84.0 Å². The number of nitrogens with one attached hydrogen (secondary N) is 1. The van der Waals surface area contributed by atoms with Crippen LogP contribution in [0.15, 0.2) is 78.5 Å². The van der Waals surface area contributed by atoms with Crippen molar-refractivity contribution >= 4 is 21.9 Å². The highest BCUT2D eigenvalue weighted by atomic mass is 32.2. The van der Waals surface area contributed by atoms with Gasteiger partial charge in [-0.25, -0.2) is 23.4 Å². The fourth-order valence-electron chi connectivity index (χ4n) is 2.98. The number of sulfonamides is 1. The number of hydrogen-bond donors (Lipinski definition) is 1. The van der Waals surface area contributed by atoms with E-state index in [0.717, 1.165) is 5.41 Å². The quantitative estimate of drug-likeness (QED) is 0.367. The van der Waals surface area contributed by atoms with E-state index in [0.29, 0.717) is 17.1 Å². The second-order valence-electron chi connectivity index (χ2n) is 6.92. The molecule has 11 heteroatoms. The van der Waals surface area contributed by atoms with Gasteiger partial charge in [0.2, 0.25) is 11.6 Å². The lowest BCUT2D eigenvalue weighted by Gasteiger charge is -2.15. The third-order valence-electron chi connectivity index (χ3n) is 4.56. The van der Waals surface area contributed by atoms with Crippen molar-refractivity contribution in [1.29, 1.82) is 0 Å². The second kappa shape index (κ2) is 10.6.